The normalized spacial score (nSPS) is 11.3. The van der Waals surface area contributed by atoms with Crippen LogP contribution >= 0.6 is 0 Å². The molecule has 0 aliphatic rings. The van der Waals surface area contributed by atoms with Crippen LogP contribution in [0.1, 0.15) is 12.5 Å². The van der Waals surface area contributed by atoms with Crippen LogP contribution < -0.4 is 14.2 Å². The molecule has 5 nitrogen and oxygen atoms in total. The number of fused-ring (bicyclic) bond motifs is 1. The summed E-state index contributed by atoms with van der Waals surface area (Å²) in [6, 6.07) is 25.1. The first-order valence-electron chi connectivity index (χ1n) is 10.4. The Morgan fingerprint density at radius 1 is 0.875 bits per heavy atom. The number of aryl methyl sites for hydroxylation is 1. The van der Waals surface area contributed by atoms with Crippen LogP contribution in [0.15, 0.2) is 78.9 Å². The van der Waals surface area contributed by atoms with Gasteiger partial charge in [0.15, 0.2) is 0 Å². The molecule has 0 saturated heterocycles. The summed E-state index contributed by atoms with van der Waals surface area (Å²) in [6.45, 7) is 3.67. The lowest BCUT2D eigenvalue weighted by atomic mass is 9.94. The van der Waals surface area contributed by atoms with E-state index < -0.39 is 10.0 Å². The number of benzene rings is 4. The summed E-state index contributed by atoms with van der Waals surface area (Å²) >= 11 is 0. The number of rotatable bonds is 7. The standard InChI is InChI=1S/C26H25NO4S/c1-4-32(28,29)27-21-10-12-22(13-11-21)31-26-24-15-14-23(30-3)17-20(24)16-18(2)25(26)19-8-6-5-7-9-19/h5-17,27H,4H2,1-3H3. The van der Waals surface area contributed by atoms with E-state index >= 15 is 0 Å². The predicted molar refractivity (Wildman–Crippen MR) is 130 cm³/mol. The molecule has 0 fully saturated rings. The average Bonchev–Trinajstić information content (AvgIpc) is 2.80. The largest absolute Gasteiger partial charge is 0.497 e. The molecule has 164 valence electrons. The van der Waals surface area contributed by atoms with Gasteiger partial charge in [0.1, 0.15) is 17.2 Å². The van der Waals surface area contributed by atoms with Crippen LogP contribution in [0.5, 0.6) is 17.2 Å². The summed E-state index contributed by atoms with van der Waals surface area (Å²) in [4.78, 5) is 0. The Balaban J connectivity index is 1.81. The monoisotopic (exact) mass is 447 g/mol. The fourth-order valence-corrected chi connectivity index (χ4v) is 4.28. The lowest BCUT2D eigenvalue weighted by Crippen LogP contribution is -2.14. The highest BCUT2D eigenvalue weighted by Gasteiger charge is 2.16. The third kappa shape index (κ3) is 4.55. The Labute approximate surface area is 188 Å². The smallest absolute Gasteiger partial charge is 0.232 e. The van der Waals surface area contributed by atoms with Gasteiger partial charge in [-0.05, 0) is 72.8 Å². The number of ether oxygens (including phenoxy) is 2. The second-order valence-corrected chi connectivity index (χ2v) is 9.49. The van der Waals surface area contributed by atoms with Crippen LogP contribution in [-0.4, -0.2) is 21.3 Å². The molecule has 0 aliphatic heterocycles. The summed E-state index contributed by atoms with van der Waals surface area (Å²) in [5, 5.41) is 1.98. The van der Waals surface area contributed by atoms with Crippen molar-refractivity contribution < 1.29 is 17.9 Å². The zero-order valence-corrected chi connectivity index (χ0v) is 19.1. The van der Waals surface area contributed by atoms with Gasteiger partial charge in [-0.1, -0.05) is 36.4 Å². The van der Waals surface area contributed by atoms with E-state index in [1.807, 2.05) is 36.4 Å². The Hall–Kier alpha value is -3.51. The predicted octanol–water partition coefficient (Wildman–Crippen LogP) is 6.38. The number of methoxy groups -OCH3 is 1. The minimum Gasteiger partial charge on any atom is -0.497 e. The lowest BCUT2D eigenvalue weighted by Gasteiger charge is -2.18. The zero-order valence-electron chi connectivity index (χ0n) is 18.3. The van der Waals surface area contributed by atoms with Gasteiger partial charge < -0.3 is 9.47 Å². The number of hydrogen-bond acceptors (Lipinski definition) is 4. The summed E-state index contributed by atoms with van der Waals surface area (Å²) < 4.78 is 38.0. The Bertz CT molecular complexity index is 1350. The topological polar surface area (TPSA) is 64.6 Å². The van der Waals surface area contributed by atoms with Gasteiger partial charge in [-0.3, -0.25) is 4.72 Å². The molecule has 32 heavy (non-hydrogen) atoms. The van der Waals surface area contributed by atoms with Crippen LogP contribution in [0.2, 0.25) is 0 Å². The van der Waals surface area contributed by atoms with Crippen molar-refractivity contribution in [2.45, 2.75) is 13.8 Å². The SMILES string of the molecule is CCS(=O)(=O)Nc1ccc(Oc2c(-c3ccccc3)c(C)cc3cc(OC)ccc23)cc1. The van der Waals surface area contributed by atoms with Crippen molar-refractivity contribution in [2.75, 3.05) is 17.6 Å². The van der Waals surface area contributed by atoms with E-state index in [1.165, 1.54) is 0 Å². The highest BCUT2D eigenvalue weighted by molar-refractivity contribution is 7.92. The lowest BCUT2D eigenvalue weighted by molar-refractivity contribution is 0.415. The third-order valence-corrected chi connectivity index (χ3v) is 6.59. The van der Waals surface area contributed by atoms with Gasteiger partial charge in [-0.15, -0.1) is 0 Å². The molecule has 1 N–H and O–H groups in total. The molecule has 0 radical (unpaired) electrons. The van der Waals surface area contributed by atoms with E-state index in [9.17, 15) is 8.42 Å². The van der Waals surface area contributed by atoms with E-state index in [-0.39, 0.29) is 5.75 Å². The van der Waals surface area contributed by atoms with Crippen LogP contribution in [0.4, 0.5) is 5.69 Å². The molecule has 0 aromatic heterocycles. The minimum atomic E-state index is -3.33. The molecular formula is C26H25NO4S. The Morgan fingerprint density at radius 3 is 2.22 bits per heavy atom. The fraction of sp³-hybridized carbons (Fsp3) is 0.154. The summed E-state index contributed by atoms with van der Waals surface area (Å²) in [5.41, 5.74) is 3.66. The first kappa shape index (κ1) is 21.7. The van der Waals surface area contributed by atoms with Gasteiger partial charge in [0.05, 0.1) is 12.9 Å². The zero-order chi connectivity index (χ0) is 22.7. The highest BCUT2D eigenvalue weighted by Crippen LogP contribution is 2.43. The quantitative estimate of drug-likeness (QED) is 0.357. The highest BCUT2D eigenvalue weighted by atomic mass is 32.2. The maximum atomic E-state index is 11.8. The first-order valence-corrected chi connectivity index (χ1v) is 12.0. The van der Waals surface area contributed by atoms with Crippen molar-refractivity contribution in [3.63, 3.8) is 0 Å². The van der Waals surface area contributed by atoms with Gasteiger partial charge in [0, 0.05) is 16.6 Å². The second-order valence-electron chi connectivity index (χ2n) is 7.48. The molecule has 6 heteroatoms. The molecule has 0 saturated carbocycles. The number of hydrogen-bond donors (Lipinski definition) is 1. The summed E-state index contributed by atoms with van der Waals surface area (Å²) in [6.07, 6.45) is 0. The van der Waals surface area contributed by atoms with Crippen LogP contribution in [0, 0.1) is 6.92 Å². The van der Waals surface area contributed by atoms with Gasteiger partial charge in [0.25, 0.3) is 0 Å². The van der Waals surface area contributed by atoms with Crippen molar-refractivity contribution in [1.82, 2.24) is 0 Å². The van der Waals surface area contributed by atoms with Gasteiger partial charge in [-0.2, -0.15) is 0 Å². The minimum absolute atomic E-state index is 0.0183. The molecule has 0 bridgehead atoms. The second kappa shape index (κ2) is 8.93. The maximum absolute atomic E-state index is 11.8. The number of anilines is 1. The number of nitrogens with one attached hydrogen (secondary N) is 1. The fourth-order valence-electron chi connectivity index (χ4n) is 3.64. The van der Waals surface area contributed by atoms with Crippen LogP contribution in [-0.2, 0) is 10.0 Å². The molecule has 4 rings (SSSR count). The van der Waals surface area contributed by atoms with Gasteiger partial charge in [-0.25, -0.2) is 8.42 Å². The molecule has 0 atom stereocenters. The molecular weight excluding hydrogens is 422 g/mol. The van der Waals surface area contributed by atoms with Crippen molar-refractivity contribution in [2.24, 2.45) is 0 Å². The van der Waals surface area contributed by atoms with Crippen molar-refractivity contribution in [3.8, 4) is 28.4 Å². The van der Waals surface area contributed by atoms with E-state index in [0.29, 0.717) is 11.4 Å². The summed E-state index contributed by atoms with van der Waals surface area (Å²) in [7, 11) is -1.68. The third-order valence-electron chi connectivity index (χ3n) is 5.29. The molecule has 0 heterocycles. The Kier molecular flexibility index (Phi) is 6.06. The van der Waals surface area contributed by atoms with Crippen LogP contribution in [0.25, 0.3) is 21.9 Å². The van der Waals surface area contributed by atoms with E-state index in [4.69, 9.17) is 9.47 Å². The van der Waals surface area contributed by atoms with Crippen molar-refractivity contribution in [1.29, 1.82) is 0 Å². The number of sulfonamides is 1. The van der Waals surface area contributed by atoms with Crippen LogP contribution in [0.3, 0.4) is 0 Å². The molecule has 0 amide bonds. The van der Waals surface area contributed by atoms with Gasteiger partial charge >= 0.3 is 0 Å². The van der Waals surface area contributed by atoms with E-state index in [0.717, 1.165) is 39.0 Å². The molecule has 0 spiro atoms. The average molecular weight is 448 g/mol. The van der Waals surface area contributed by atoms with E-state index in [1.54, 1.807) is 38.3 Å². The molecule has 0 unspecified atom stereocenters. The molecule has 4 aromatic carbocycles. The Morgan fingerprint density at radius 2 is 1.56 bits per heavy atom. The first-order chi connectivity index (χ1) is 15.4. The van der Waals surface area contributed by atoms with E-state index in [2.05, 4.69) is 29.8 Å². The molecule has 0 aliphatic carbocycles. The van der Waals surface area contributed by atoms with Crippen molar-refractivity contribution >= 4 is 26.5 Å². The van der Waals surface area contributed by atoms with Crippen molar-refractivity contribution in [3.05, 3.63) is 84.4 Å². The molecule has 4 aromatic rings. The maximum Gasteiger partial charge on any atom is 0.232 e. The van der Waals surface area contributed by atoms with Gasteiger partial charge in [0.2, 0.25) is 10.0 Å². The summed E-state index contributed by atoms with van der Waals surface area (Å²) in [5.74, 6) is 2.16.